The minimum atomic E-state index is -3.75. The summed E-state index contributed by atoms with van der Waals surface area (Å²) in [5.41, 5.74) is 5.05. The Kier molecular flexibility index (Phi) is 7.28. The minimum absolute atomic E-state index is 0.169. The molecule has 34 heavy (non-hydrogen) atoms. The number of ketones is 1. The third-order valence-corrected chi connectivity index (χ3v) is 7.60. The van der Waals surface area contributed by atoms with Crippen LogP contribution in [0.25, 0.3) is 22.4 Å². The molecule has 1 aromatic heterocycles. The van der Waals surface area contributed by atoms with Crippen molar-refractivity contribution in [2.24, 2.45) is 0 Å². The molecule has 4 aromatic rings. The molecule has 0 bridgehead atoms. The van der Waals surface area contributed by atoms with Crippen LogP contribution in [-0.4, -0.2) is 24.0 Å². The molecule has 174 valence electrons. The number of carbonyl (C=O) groups excluding carboxylic acids is 1. The van der Waals surface area contributed by atoms with E-state index in [1.165, 1.54) is 0 Å². The standard InChI is InChI=1S/C28H28NO4P/c1-4-32-34(31,33-5-2)28-24(21-18-16-20(3)17-19-21)25(27(30)23-14-10-7-11-15-23)26(29-28)22-12-8-6-9-13-22/h6-19,29H,4-5H2,1-3H3. The van der Waals surface area contributed by atoms with E-state index in [0.717, 1.165) is 16.7 Å². The van der Waals surface area contributed by atoms with Gasteiger partial charge in [0.15, 0.2) is 5.78 Å². The Morgan fingerprint density at radius 1 is 0.794 bits per heavy atom. The number of aromatic amines is 1. The average Bonchev–Trinajstić information content (AvgIpc) is 3.27. The lowest BCUT2D eigenvalue weighted by Gasteiger charge is -2.18. The summed E-state index contributed by atoms with van der Waals surface area (Å²) in [6, 6.07) is 26.5. The van der Waals surface area contributed by atoms with Gasteiger partial charge < -0.3 is 14.0 Å². The molecular weight excluding hydrogens is 445 g/mol. The Bertz CT molecular complexity index is 1300. The van der Waals surface area contributed by atoms with E-state index in [0.29, 0.717) is 22.4 Å². The van der Waals surface area contributed by atoms with E-state index < -0.39 is 7.60 Å². The number of hydrogen-bond donors (Lipinski definition) is 1. The number of carbonyl (C=O) groups is 1. The van der Waals surface area contributed by atoms with Gasteiger partial charge in [0.2, 0.25) is 0 Å². The maximum Gasteiger partial charge on any atom is 0.378 e. The Balaban J connectivity index is 2.10. The fraction of sp³-hybridized carbons (Fsp3) is 0.179. The zero-order valence-electron chi connectivity index (χ0n) is 19.6. The molecule has 6 heteroatoms. The van der Waals surface area contributed by atoms with Gasteiger partial charge in [-0.1, -0.05) is 90.5 Å². The summed E-state index contributed by atoms with van der Waals surface area (Å²) in [6.07, 6.45) is 0. The third-order valence-electron chi connectivity index (χ3n) is 5.52. The van der Waals surface area contributed by atoms with Crippen LogP contribution in [0, 0.1) is 6.92 Å². The van der Waals surface area contributed by atoms with Crippen LogP contribution in [0.3, 0.4) is 0 Å². The van der Waals surface area contributed by atoms with Crippen molar-refractivity contribution in [3.05, 3.63) is 102 Å². The molecule has 5 nitrogen and oxygen atoms in total. The molecular formula is C28H28NO4P. The first-order valence-electron chi connectivity index (χ1n) is 11.4. The Morgan fingerprint density at radius 2 is 1.35 bits per heavy atom. The second-order valence-electron chi connectivity index (χ2n) is 7.86. The van der Waals surface area contributed by atoms with Crippen LogP contribution in [0.15, 0.2) is 84.9 Å². The number of hydrogen-bond acceptors (Lipinski definition) is 4. The largest absolute Gasteiger partial charge is 0.378 e. The maximum atomic E-state index is 14.0. The van der Waals surface area contributed by atoms with Crippen molar-refractivity contribution < 1.29 is 18.4 Å². The van der Waals surface area contributed by atoms with Gasteiger partial charge in [0.05, 0.1) is 24.5 Å². The molecule has 0 aliphatic rings. The average molecular weight is 474 g/mol. The van der Waals surface area contributed by atoms with Gasteiger partial charge >= 0.3 is 7.60 Å². The Labute approximate surface area is 200 Å². The summed E-state index contributed by atoms with van der Waals surface area (Å²) in [6.45, 7) is 5.94. The first kappa shape index (κ1) is 23.9. The zero-order valence-corrected chi connectivity index (χ0v) is 20.5. The molecule has 0 fully saturated rings. The highest BCUT2D eigenvalue weighted by molar-refractivity contribution is 7.62. The van der Waals surface area contributed by atoms with Crippen molar-refractivity contribution in [1.29, 1.82) is 0 Å². The molecule has 0 radical (unpaired) electrons. The second kappa shape index (κ2) is 10.4. The molecule has 1 N–H and O–H groups in total. The summed E-state index contributed by atoms with van der Waals surface area (Å²) in [5.74, 6) is -0.169. The predicted molar refractivity (Wildman–Crippen MR) is 137 cm³/mol. The van der Waals surface area contributed by atoms with Crippen molar-refractivity contribution in [3.63, 3.8) is 0 Å². The summed E-state index contributed by atoms with van der Waals surface area (Å²) in [5, 5.41) is 0. The van der Waals surface area contributed by atoms with Crippen LogP contribution in [0.1, 0.15) is 35.3 Å². The van der Waals surface area contributed by atoms with Crippen molar-refractivity contribution in [1.82, 2.24) is 4.98 Å². The van der Waals surface area contributed by atoms with E-state index in [2.05, 4.69) is 4.98 Å². The predicted octanol–water partition coefficient (Wildman–Crippen LogP) is 6.78. The zero-order chi connectivity index (χ0) is 24.1. The summed E-state index contributed by atoms with van der Waals surface area (Å²) >= 11 is 0. The highest BCUT2D eigenvalue weighted by atomic mass is 31.2. The number of rotatable bonds is 9. The van der Waals surface area contributed by atoms with Crippen molar-refractivity contribution in [2.75, 3.05) is 13.2 Å². The van der Waals surface area contributed by atoms with E-state index >= 15 is 0 Å². The van der Waals surface area contributed by atoms with Gasteiger partial charge in [0, 0.05) is 11.1 Å². The van der Waals surface area contributed by atoms with Crippen LogP contribution >= 0.6 is 7.60 Å². The topological polar surface area (TPSA) is 68.4 Å². The molecule has 0 unspecified atom stereocenters. The summed E-state index contributed by atoms with van der Waals surface area (Å²) < 4.78 is 25.5. The molecule has 0 aliphatic heterocycles. The fourth-order valence-corrected chi connectivity index (χ4v) is 5.76. The van der Waals surface area contributed by atoms with Crippen LogP contribution in [0.5, 0.6) is 0 Å². The molecule has 0 aliphatic carbocycles. The molecule has 0 saturated carbocycles. The van der Waals surface area contributed by atoms with E-state index in [9.17, 15) is 9.36 Å². The second-order valence-corrected chi connectivity index (χ2v) is 9.82. The van der Waals surface area contributed by atoms with E-state index in [-0.39, 0.29) is 24.4 Å². The van der Waals surface area contributed by atoms with Gasteiger partial charge in [-0.3, -0.25) is 9.36 Å². The number of aryl methyl sites for hydroxylation is 1. The highest BCUT2D eigenvalue weighted by Gasteiger charge is 2.37. The van der Waals surface area contributed by atoms with E-state index in [4.69, 9.17) is 9.05 Å². The van der Waals surface area contributed by atoms with Crippen LogP contribution in [0.4, 0.5) is 0 Å². The summed E-state index contributed by atoms with van der Waals surface area (Å²) in [7, 11) is -3.75. The van der Waals surface area contributed by atoms with Gasteiger partial charge in [-0.15, -0.1) is 0 Å². The lowest BCUT2D eigenvalue weighted by atomic mass is 9.93. The van der Waals surface area contributed by atoms with Gasteiger partial charge in [0.1, 0.15) is 5.44 Å². The Morgan fingerprint density at radius 3 is 1.91 bits per heavy atom. The number of benzene rings is 3. The van der Waals surface area contributed by atoms with Gasteiger partial charge in [-0.25, -0.2) is 0 Å². The SMILES string of the molecule is CCOP(=O)(OCC)c1[nH]c(-c2ccccc2)c(C(=O)c2ccccc2)c1-c1ccc(C)cc1. The smallest absolute Gasteiger partial charge is 0.347 e. The maximum absolute atomic E-state index is 14.0. The lowest BCUT2D eigenvalue weighted by molar-refractivity contribution is 0.104. The van der Waals surface area contributed by atoms with Gasteiger partial charge in [-0.05, 0) is 31.9 Å². The quantitative estimate of drug-likeness (QED) is 0.215. The first-order valence-corrected chi connectivity index (χ1v) is 12.9. The van der Waals surface area contributed by atoms with Gasteiger partial charge in [-0.2, -0.15) is 0 Å². The van der Waals surface area contributed by atoms with Crippen LogP contribution in [0.2, 0.25) is 0 Å². The number of H-pyrrole nitrogens is 1. The van der Waals surface area contributed by atoms with Crippen LogP contribution in [-0.2, 0) is 13.6 Å². The van der Waals surface area contributed by atoms with Crippen molar-refractivity contribution >= 4 is 18.8 Å². The number of nitrogens with one attached hydrogen (secondary N) is 1. The van der Waals surface area contributed by atoms with E-state index in [1.807, 2.05) is 79.7 Å². The molecule has 0 atom stereocenters. The monoisotopic (exact) mass is 473 g/mol. The normalized spacial score (nSPS) is 11.5. The summed E-state index contributed by atoms with van der Waals surface area (Å²) in [4.78, 5) is 17.3. The Hall–Kier alpha value is -3.24. The fourth-order valence-electron chi connectivity index (χ4n) is 3.98. The lowest BCUT2D eigenvalue weighted by Crippen LogP contribution is -2.15. The van der Waals surface area contributed by atoms with Crippen molar-refractivity contribution in [3.8, 4) is 22.4 Å². The van der Waals surface area contributed by atoms with E-state index in [1.54, 1.807) is 26.0 Å². The van der Waals surface area contributed by atoms with Gasteiger partial charge in [0.25, 0.3) is 0 Å². The molecule has 4 rings (SSSR count). The molecule has 3 aromatic carbocycles. The minimum Gasteiger partial charge on any atom is -0.347 e. The molecule has 1 heterocycles. The van der Waals surface area contributed by atoms with Crippen molar-refractivity contribution in [2.45, 2.75) is 20.8 Å². The highest BCUT2D eigenvalue weighted by Crippen LogP contribution is 2.51. The molecule has 0 amide bonds. The first-order chi connectivity index (χ1) is 16.5. The molecule has 0 saturated heterocycles. The molecule has 0 spiro atoms. The number of aromatic nitrogens is 1. The third kappa shape index (κ3) is 4.69. The van der Waals surface area contributed by atoms with Crippen LogP contribution < -0.4 is 5.44 Å².